The third-order valence-corrected chi connectivity index (χ3v) is 5.26. The lowest BCUT2D eigenvalue weighted by molar-refractivity contribution is -0.115. The van der Waals surface area contributed by atoms with Crippen molar-refractivity contribution in [2.45, 2.75) is 19.8 Å². The van der Waals surface area contributed by atoms with Crippen molar-refractivity contribution in [3.63, 3.8) is 0 Å². The van der Waals surface area contributed by atoms with Gasteiger partial charge in [-0.15, -0.1) is 11.3 Å². The highest BCUT2D eigenvalue weighted by molar-refractivity contribution is 7.13. The predicted molar refractivity (Wildman–Crippen MR) is 110 cm³/mol. The van der Waals surface area contributed by atoms with Gasteiger partial charge in [0, 0.05) is 11.1 Å². The van der Waals surface area contributed by atoms with Gasteiger partial charge < -0.3 is 10.1 Å². The molecular weight excluding hydrogens is 374 g/mol. The number of thiazole rings is 1. The van der Waals surface area contributed by atoms with Crippen LogP contribution in [0.25, 0.3) is 11.1 Å². The number of nitrogens with one attached hydrogen (secondary N) is 2. The van der Waals surface area contributed by atoms with Crippen molar-refractivity contribution in [1.82, 2.24) is 4.98 Å². The van der Waals surface area contributed by atoms with Crippen LogP contribution in [-0.2, 0) is 22.4 Å². The topological polar surface area (TPSA) is 80.3 Å². The Labute approximate surface area is 166 Å². The van der Waals surface area contributed by atoms with E-state index in [1.54, 1.807) is 12.3 Å². The van der Waals surface area contributed by atoms with E-state index < -0.39 is 6.09 Å². The number of fused-ring (bicyclic) bond motifs is 3. The van der Waals surface area contributed by atoms with E-state index in [-0.39, 0.29) is 12.3 Å². The second-order valence-corrected chi connectivity index (χ2v) is 7.28. The number of hydrogen-bond donors (Lipinski definition) is 2. The number of carbonyl (C=O) groups excluding carboxylic acids is 2. The van der Waals surface area contributed by atoms with Crippen LogP contribution in [0.3, 0.4) is 0 Å². The van der Waals surface area contributed by atoms with Crippen molar-refractivity contribution in [3.05, 3.63) is 64.7 Å². The van der Waals surface area contributed by atoms with Gasteiger partial charge in [-0.3, -0.25) is 10.1 Å². The number of hydrogen-bond acceptors (Lipinski definition) is 5. The Kier molecular flexibility index (Phi) is 5.08. The minimum atomic E-state index is -0.549. The molecule has 0 fully saturated rings. The molecule has 0 saturated heterocycles. The van der Waals surface area contributed by atoms with E-state index in [2.05, 4.69) is 33.8 Å². The van der Waals surface area contributed by atoms with Gasteiger partial charge in [0.25, 0.3) is 0 Å². The van der Waals surface area contributed by atoms with Gasteiger partial charge in [0.05, 0.1) is 18.7 Å². The van der Waals surface area contributed by atoms with E-state index in [9.17, 15) is 9.59 Å². The summed E-state index contributed by atoms with van der Waals surface area (Å²) >= 11 is 1.26. The average molecular weight is 393 g/mol. The van der Waals surface area contributed by atoms with E-state index in [0.717, 1.165) is 12.1 Å². The molecule has 7 heteroatoms. The summed E-state index contributed by atoms with van der Waals surface area (Å²) in [4.78, 5) is 28.0. The van der Waals surface area contributed by atoms with E-state index in [4.69, 9.17) is 4.74 Å². The number of aromatic nitrogens is 1. The van der Waals surface area contributed by atoms with Crippen LogP contribution < -0.4 is 10.6 Å². The molecule has 0 radical (unpaired) electrons. The fraction of sp³-hybridized carbons (Fsp3) is 0.190. The molecule has 142 valence electrons. The predicted octanol–water partition coefficient (Wildman–Crippen LogP) is 4.46. The van der Waals surface area contributed by atoms with Gasteiger partial charge in [-0.05, 0) is 47.7 Å². The molecule has 28 heavy (non-hydrogen) atoms. The van der Waals surface area contributed by atoms with Crippen molar-refractivity contribution < 1.29 is 14.3 Å². The van der Waals surface area contributed by atoms with E-state index in [1.165, 1.54) is 33.6 Å². The molecule has 0 spiro atoms. The van der Waals surface area contributed by atoms with Gasteiger partial charge in [-0.25, -0.2) is 9.78 Å². The Morgan fingerprint density at radius 1 is 1.11 bits per heavy atom. The highest BCUT2D eigenvalue weighted by Crippen LogP contribution is 2.37. The fourth-order valence-corrected chi connectivity index (χ4v) is 3.99. The third kappa shape index (κ3) is 3.89. The molecule has 0 aliphatic heterocycles. The summed E-state index contributed by atoms with van der Waals surface area (Å²) in [5.41, 5.74) is 6.39. The van der Waals surface area contributed by atoms with Gasteiger partial charge >= 0.3 is 6.09 Å². The Morgan fingerprint density at radius 2 is 1.93 bits per heavy atom. The zero-order chi connectivity index (χ0) is 19.5. The summed E-state index contributed by atoms with van der Waals surface area (Å²) in [6.07, 6.45) is 0.467. The molecule has 0 bridgehead atoms. The molecule has 1 aliphatic rings. The first-order valence-electron chi connectivity index (χ1n) is 9.01. The Bertz CT molecular complexity index is 1040. The fourth-order valence-electron chi connectivity index (χ4n) is 3.29. The Hall–Kier alpha value is -3.19. The molecular formula is C21H19N3O3S. The normalized spacial score (nSPS) is 11.5. The third-order valence-electron chi connectivity index (χ3n) is 4.46. The van der Waals surface area contributed by atoms with Crippen LogP contribution in [0.2, 0.25) is 0 Å². The van der Waals surface area contributed by atoms with Crippen LogP contribution in [0.1, 0.15) is 23.7 Å². The van der Waals surface area contributed by atoms with Gasteiger partial charge in [-0.2, -0.15) is 0 Å². The molecule has 0 saturated carbocycles. The van der Waals surface area contributed by atoms with Crippen molar-refractivity contribution in [3.8, 4) is 11.1 Å². The molecule has 2 N–H and O–H groups in total. The second-order valence-electron chi connectivity index (χ2n) is 6.42. The number of rotatable bonds is 5. The second kappa shape index (κ2) is 7.82. The number of amides is 2. The molecule has 6 nitrogen and oxygen atoms in total. The zero-order valence-electron chi connectivity index (χ0n) is 15.3. The number of carbonyl (C=O) groups is 2. The SMILES string of the molecule is CCOC(=O)Nc1nc(CC(=O)Nc2ccc3c(c2)Cc2ccccc2-3)cs1. The highest BCUT2D eigenvalue weighted by atomic mass is 32.1. The largest absolute Gasteiger partial charge is 0.450 e. The maximum Gasteiger partial charge on any atom is 0.413 e. The Balaban J connectivity index is 1.38. The van der Waals surface area contributed by atoms with Crippen LogP contribution in [0.4, 0.5) is 15.6 Å². The van der Waals surface area contributed by atoms with Crippen molar-refractivity contribution in [1.29, 1.82) is 0 Å². The Morgan fingerprint density at radius 3 is 2.79 bits per heavy atom. The molecule has 0 unspecified atom stereocenters. The van der Waals surface area contributed by atoms with Gasteiger partial charge in [-0.1, -0.05) is 30.3 Å². The van der Waals surface area contributed by atoms with Crippen LogP contribution in [-0.4, -0.2) is 23.6 Å². The highest BCUT2D eigenvalue weighted by Gasteiger charge is 2.18. The summed E-state index contributed by atoms with van der Waals surface area (Å²) in [7, 11) is 0. The van der Waals surface area contributed by atoms with Crippen molar-refractivity contribution in [2.75, 3.05) is 17.2 Å². The van der Waals surface area contributed by atoms with Gasteiger partial charge in [0.2, 0.25) is 5.91 Å². The van der Waals surface area contributed by atoms with Gasteiger partial charge in [0.15, 0.2) is 5.13 Å². The average Bonchev–Trinajstić information content (AvgIpc) is 3.25. The van der Waals surface area contributed by atoms with Crippen molar-refractivity contribution in [2.24, 2.45) is 0 Å². The molecule has 4 rings (SSSR count). The van der Waals surface area contributed by atoms with Crippen LogP contribution in [0, 0.1) is 0 Å². The van der Waals surface area contributed by atoms with Crippen molar-refractivity contribution >= 4 is 34.2 Å². The van der Waals surface area contributed by atoms with E-state index >= 15 is 0 Å². The standard InChI is InChI=1S/C21H19N3O3S/c1-2-27-21(26)24-20-23-16(12-28-20)11-19(25)22-15-7-8-18-14(10-15)9-13-5-3-4-6-17(13)18/h3-8,10,12H,2,9,11H2,1H3,(H,22,25)(H,23,24,26). The molecule has 1 aliphatic carbocycles. The molecule has 2 aromatic carbocycles. The summed E-state index contributed by atoms with van der Waals surface area (Å²) < 4.78 is 4.81. The summed E-state index contributed by atoms with van der Waals surface area (Å²) in [5.74, 6) is -0.150. The number of nitrogens with zero attached hydrogens (tertiary/aromatic N) is 1. The minimum absolute atomic E-state index is 0.137. The first kappa shape index (κ1) is 18.2. The molecule has 2 amide bonds. The maximum absolute atomic E-state index is 12.4. The monoisotopic (exact) mass is 393 g/mol. The zero-order valence-corrected chi connectivity index (χ0v) is 16.1. The molecule has 1 aromatic heterocycles. The summed E-state index contributed by atoms with van der Waals surface area (Å²) in [6, 6.07) is 14.4. The van der Waals surface area contributed by atoms with Gasteiger partial charge in [0.1, 0.15) is 0 Å². The lowest BCUT2D eigenvalue weighted by Gasteiger charge is -2.07. The number of ether oxygens (including phenoxy) is 1. The quantitative estimate of drug-likeness (QED) is 0.524. The number of benzene rings is 2. The molecule has 0 atom stereocenters. The smallest absolute Gasteiger partial charge is 0.413 e. The van der Waals surface area contributed by atoms with Crippen LogP contribution in [0.15, 0.2) is 47.8 Å². The minimum Gasteiger partial charge on any atom is -0.450 e. The van der Waals surface area contributed by atoms with Crippen LogP contribution in [0.5, 0.6) is 0 Å². The lowest BCUT2D eigenvalue weighted by Crippen LogP contribution is -2.15. The number of anilines is 2. The first-order chi connectivity index (χ1) is 13.6. The molecule has 3 aromatic rings. The molecule has 1 heterocycles. The van der Waals surface area contributed by atoms with Crippen LogP contribution >= 0.6 is 11.3 Å². The lowest BCUT2D eigenvalue weighted by atomic mass is 10.1. The first-order valence-corrected chi connectivity index (χ1v) is 9.89. The maximum atomic E-state index is 12.4. The summed E-state index contributed by atoms with van der Waals surface area (Å²) in [5, 5.41) is 7.63. The van der Waals surface area contributed by atoms with E-state index in [0.29, 0.717) is 17.4 Å². The summed E-state index contributed by atoms with van der Waals surface area (Å²) in [6.45, 7) is 2.02. The van der Waals surface area contributed by atoms with E-state index in [1.807, 2.05) is 24.3 Å².